The molecule has 2 rings (SSSR count). The maximum Gasteiger partial charge on any atom is 0.225 e. The average Bonchev–Trinajstić information content (AvgIpc) is 3.26. The van der Waals surface area contributed by atoms with E-state index in [1.165, 1.54) is 38.5 Å². The Morgan fingerprint density at radius 2 is 2.00 bits per heavy atom. The molecule has 1 heterocycles. The van der Waals surface area contributed by atoms with E-state index in [-0.39, 0.29) is 5.92 Å². The highest BCUT2D eigenvalue weighted by Gasteiger charge is 2.31. The van der Waals surface area contributed by atoms with Gasteiger partial charge in [0.15, 0.2) is 0 Å². The molecule has 1 aliphatic carbocycles. The third-order valence-electron chi connectivity index (χ3n) is 4.70. The van der Waals surface area contributed by atoms with E-state index in [1.54, 1.807) is 0 Å². The Bertz CT molecular complexity index is 312. The van der Waals surface area contributed by atoms with Gasteiger partial charge in [0.2, 0.25) is 5.91 Å². The van der Waals surface area contributed by atoms with Gasteiger partial charge >= 0.3 is 0 Å². The van der Waals surface area contributed by atoms with Crippen molar-refractivity contribution in [2.75, 3.05) is 19.6 Å². The fraction of sp³-hybridized carbons (Fsp3) is 0.941. The molecule has 1 aliphatic heterocycles. The first-order chi connectivity index (χ1) is 9.60. The summed E-state index contributed by atoms with van der Waals surface area (Å²) in [7, 11) is 0. The van der Waals surface area contributed by atoms with Gasteiger partial charge in [-0.05, 0) is 44.1 Å². The predicted molar refractivity (Wildman–Crippen MR) is 83.6 cm³/mol. The fourth-order valence-corrected chi connectivity index (χ4v) is 3.25. The average molecular weight is 280 g/mol. The van der Waals surface area contributed by atoms with Crippen molar-refractivity contribution in [1.29, 1.82) is 0 Å². The molecule has 1 saturated heterocycles. The van der Waals surface area contributed by atoms with Gasteiger partial charge in [0.05, 0.1) is 0 Å². The molecule has 0 radical (unpaired) electrons. The molecule has 2 unspecified atom stereocenters. The summed E-state index contributed by atoms with van der Waals surface area (Å²) in [5.74, 6) is 2.08. The third kappa shape index (κ3) is 4.76. The van der Waals surface area contributed by atoms with Crippen LogP contribution in [0, 0.1) is 17.8 Å². The monoisotopic (exact) mass is 280 g/mol. The second-order valence-electron chi connectivity index (χ2n) is 7.19. The predicted octanol–water partition coefficient (Wildman–Crippen LogP) is 3.05. The van der Waals surface area contributed by atoms with Gasteiger partial charge < -0.3 is 10.2 Å². The van der Waals surface area contributed by atoms with Crippen LogP contribution in [-0.4, -0.2) is 36.5 Å². The molecule has 2 atom stereocenters. The van der Waals surface area contributed by atoms with E-state index >= 15 is 0 Å². The first kappa shape index (κ1) is 15.8. The van der Waals surface area contributed by atoms with E-state index in [0.29, 0.717) is 17.9 Å². The van der Waals surface area contributed by atoms with Gasteiger partial charge in [-0.1, -0.05) is 33.6 Å². The molecule has 1 amide bonds. The van der Waals surface area contributed by atoms with E-state index in [2.05, 4.69) is 17.1 Å². The van der Waals surface area contributed by atoms with Gasteiger partial charge in [0.25, 0.3) is 0 Å². The van der Waals surface area contributed by atoms with Crippen molar-refractivity contribution in [3.63, 3.8) is 0 Å². The van der Waals surface area contributed by atoms with Crippen LogP contribution in [0.3, 0.4) is 0 Å². The van der Waals surface area contributed by atoms with Gasteiger partial charge in [0.1, 0.15) is 0 Å². The lowest BCUT2D eigenvalue weighted by atomic mass is 9.89. The Morgan fingerprint density at radius 3 is 2.60 bits per heavy atom. The molecule has 3 heteroatoms. The summed E-state index contributed by atoms with van der Waals surface area (Å²) in [5, 5.41) is 3.72. The molecule has 0 aromatic rings. The molecule has 20 heavy (non-hydrogen) atoms. The zero-order chi connectivity index (χ0) is 14.5. The van der Waals surface area contributed by atoms with Gasteiger partial charge in [-0.2, -0.15) is 0 Å². The molecule has 0 aromatic carbocycles. The minimum absolute atomic E-state index is 0.129. The summed E-state index contributed by atoms with van der Waals surface area (Å²) in [6, 6.07) is 0.522. The van der Waals surface area contributed by atoms with Crippen LogP contribution in [0.4, 0.5) is 0 Å². The normalized spacial score (nSPS) is 27.1. The summed E-state index contributed by atoms with van der Waals surface area (Å²) in [4.78, 5) is 14.4. The number of carbonyl (C=O) groups is 1. The first-order valence-corrected chi connectivity index (χ1v) is 8.62. The highest BCUT2D eigenvalue weighted by Crippen LogP contribution is 2.29. The van der Waals surface area contributed by atoms with E-state index in [9.17, 15) is 4.79 Å². The standard InChI is InChI=1S/C17H32N2O/c1-4-5-6-15-9-16(18-10-14-7-8-14)12-19(11-15)17(20)13(2)3/h13-16,18H,4-12H2,1-3H3. The van der Waals surface area contributed by atoms with Crippen molar-refractivity contribution in [2.24, 2.45) is 17.8 Å². The van der Waals surface area contributed by atoms with Crippen molar-refractivity contribution in [3.8, 4) is 0 Å². The summed E-state index contributed by atoms with van der Waals surface area (Å²) >= 11 is 0. The van der Waals surface area contributed by atoms with Crippen molar-refractivity contribution in [1.82, 2.24) is 10.2 Å². The largest absolute Gasteiger partial charge is 0.341 e. The number of nitrogens with one attached hydrogen (secondary N) is 1. The summed E-state index contributed by atoms with van der Waals surface area (Å²) in [6.45, 7) is 9.36. The van der Waals surface area contributed by atoms with E-state index in [0.717, 1.165) is 25.6 Å². The van der Waals surface area contributed by atoms with Gasteiger partial charge in [-0.25, -0.2) is 0 Å². The molecule has 1 saturated carbocycles. The Labute approximate surface area is 124 Å². The molecule has 0 bridgehead atoms. The summed E-state index contributed by atoms with van der Waals surface area (Å²) in [6.07, 6.45) is 7.88. The molecule has 2 fully saturated rings. The third-order valence-corrected chi connectivity index (χ3v) is 4.70. The Balaban J connectivity index is 1.87. The van der Waals surface area contributed by atoms with Gasteiger partial charge in [-0.15, -0.1) is 0 Å². The molecule has 2 aliphatic rings. The number of carbonyl (C=O) groups excluding carboxylic acids is 1. The highest BCUT2D eigenvalue weighted by atomic mass is 16.2. The quantitative estimate of drug-likeness (QED) is 0.777. The van der Waals surface area contributed by atoms with Crippen LogP contribution in [0.1, 0.15) is 59.3 Å². The second-order valence-corrected chi connectivity index (χ2v) is 7.19. The highest BCUT2D eigenvalue weighted by molar-refractivity contribution is 5.78. The van der Waals surface area contributed by atoms with Crippen molar-refractivity contribution < 1.29 is 4.79 Å². The topological polar surface area (TPSA) is 32.3 Å². The molecule has 0 spiro atoms. The number of unbranched alkanes of at least 4 members (excludes halogenated alkanes) is 1. The number of hydrogen-bond donors (Lipinski definition) is 1. The number of amides is 1. The summed E-state index contributed by atoms with van der Waals surface area (Å²) < 4.78 is 0. The molecular formula is C17H32N2O. The number of likely N-dealkylation sites (tertiary alicyclic amines) is 1. The molecule has 0 aromatic heterocycles. The molecular weight excluding hydrogens is 248 g/mol. The lowest BCUT2D eigenvalue weighted by Crippen LogP contribution is -2.52. The minimum atomic E-state index is 0.129. The van der Waals surface area contributed by atoms with Crippen LogP contribution in [0.5, 0.6) is 0 Å². The maximum absolute atomic E-state index is 12.3. The van der Waals surface area contributed by atoms with Crippen LogP contribution in [0.15, 0.2) is 0 Å². The molecule has 1 N–H and O–H groups in total. The fourth-order valence-electron chi connectivity index (χ4n) is 3.25. The van der Waals surface area contributed by atoms with E-state index in [1.807, 2.05) is 13.8 Å². The SMILES string of the molecule is CCCCC1CC(NCC2CC2)CN(C(=O)C(C)C)C1. The Morgan fingerprint density at radius 1 is 1.25 bits per heavy atom. The van der Waals surface area contributed by atoms with Crippen molar-refractivity contribution >= 4 is 5.91 Å². The lowest BCUT2D eigenvalue weighted by Gasteiger charge is -2.39. The second kappa shape index (κ2) is 7.44. The lowest BCUT2D eigenvalue weighted by molar-refractivity contribution is -0.136. The van der Waals surface area contributed by atoms with Crippen LogP contribution in [0.25, 0.3) is 0 Å². The number of piperidine rings is 1. The maximum atomic E-state index is 12.3. The number of nitrogens with zero attached hydrogens (tertiary/aromatic N) is 1. The van der Waals surface area contributed by atoms with Crippen LogP contribution in [0.2, 0.25) is 0 Å². The van der Waals surface area contributed by atoms with Gasteiger partial charge in [-0.3, -0.25) is 4.79 Å². The van der Waals surface area contributed by atoms with Gasteiger partial charge in [0, 0.05) is 25.0 Å². The van der Waals surface area contributed by atoms with Crippen LogP contribution < -0.4 is 5.32 Å². The van der Waals surface area contributed by atoms with Crippen molar-refractivity contribution in [2.45, 2.75) is 65.3 Å². The number of rotatable bonds is 7. The Hall–Kier alpha value is -0.570. The smallest absolute Gasteiger partial charge is 0.225 e. The van der Waals surface area contributed by atoms with Crippen LogP contribution >= 0.6 is 0 Å². The molecule has 116 valence electrons. The summed E-state index contributed by atoms with van der Waals surface area (Å²) in [5.41, 5.74) is 0. The van der Waals surface area contributed by atoms with Crippen molar-refractivity contribution in [3.05, 3.63) is 0 Å². The number of hydrogen-bond acceptors (Lipinski definition) is 2. The van der Waals surface area contributed by atoms with E-state index < -0.39 is 0 Å². The zero-order valence-corrected chi connectivity index (χ0v) is 13.5. The Kier molecular flexibility index (Phi) is 5.88. The zero-order valence-electron chi connectivity index (χ0n) is 13.5. The minimum Gasteiger partial charge on any atom is -0.341 e. The van der Waals surface area contributed by atoms with Crippen LogP contribution in [-0.2, 0) is 4.79 Å². The van der Waals surface area contributed by atoms with E-state index in [4.69, 9.17) is 0 Å². The molecule has 3 nitrogen and oxygen atoms in total. The first-order valence-electron chi connectivity index (χ1n) is 8.62.